The summed E-state index contributed by atoms with van der Waals surface area (Å²) in [6, 6.07) is 2.75. The SMILES string of the molecule is CC1(COc2nc(C(=O)O)ccc2N2CC(F)(F)C2)COC1.CCCCCCCCCCNC(C)(C)c1nccs1. The smallest absolute Gasteiger partial charge is 0.354 e. The number of carboxylic acid groups (broad SMARTS) is 1. The number of thiazole rings is 1. The monoisotopic (exact) mass is 596 g/mol. The van der Waals surface area contributed by atoms with Crippen LogP contribution >= 0.6 is 11.3 Å². The number of pyridine rings is 1. The van der Waals surface area contributed by atoms with Crippen molar-refractivity contribution < 1.29 is 28.2 Å². The van der Waals surface area contributed by atoms with Gasteiger partial charge >= 0.3 is 5.97 Å². The topological polar surface area (TPSA) is 96.8 Å². The third-order valence-electron chi connectivity index (χ3n) is 7.27. The Morgan fingerprint density at radius 3 is 2.34 bits per heavy atom. The number of anilines is 1. The van der Waals surface area contributed by atoms with Gasteiger partial charge < -0.3 is 24.8 Å². The van der Waals surface area contributed by atoms with Crippen molar-refractivity contribution in [1.29, 1.82) is 0 Å². The zero-order valence-electron chi connectivity index (χ0n) is 24.9. The van der Waals surface area contributed by atoms with Crippen LogP contribution in [0.25, 0.3) is 0 Å². The Balaban J connectivity index is 0.000000229. The van der Waals surface area contributed by atoms with E-state index in [0.29, 0.717) is 25.5 Å². The summed E-state index contributed by atoms with van der Waals surface area (Å²) in [6.07, 6.45) is 12.9. The second kappa shape index (κ2) is 15.2. The molecule has 0 atom stereocenters. The molecule has 0 aromatic carbocycles. The fourth-order valence-electron chi connectivity index (χ4n) is 4.63. The van der Waals surface area contributed by atoms with Crippen LogP contribution in [0.2, 0.25) is 0 Å². The zero-order chi connectivity index (χ0) is 29.9. The van der Waals surface area contributed by atoms with Crippen LogP contribution in [0.3, 0.4) is 0 Å². The highest BCUT2D eigenvalue weighted by Crippen LogP contribution is 2.37. The standard InChI is InChI=1S/C16H30N2S.C14H16F2N2O4/c1-4-5-6-7-8-9-10-11-12-18-16(2,3)15-17-13-14-19-15;1-13(6-21-7-13)8-22-11-10(18-4-14(15,16)5-18)3-2-9(17-11)12(19)20/h13-14,18H,4-12H2,1-3H3;2-3H,4-8H2,1H3,(H,19,20). The maximum absolute atomic E-state index is 13.0. The Bertz CT molecular complexity index is 1070. The largest absolute Gasteiger partial charge is 0.477 e. The van der Waals surface area contributed by atoms with Gasteiger partial charge in [0, 0.05) is 17.0 Å². The van der Waals surface area contributed by atoms with Crippen molar-refractivity contribution in [1.82, 2.24) is 15.3 Å². The lowest BCUT2D eigenvalue weighted by Gasteiger charge is -2.41. The summed E-state index contributed by atoms with van der Waals surface area (Å²) >= 11 is 1.74. The molecular weight excluding hydrogens is 550 g/mol. The Labute approximate surface area is 246 Å². The molecule has 2 aliphatic rings. The molecule has 2 fully saturated rings. The molecule has 11 heteroatoms. The average molecular weight is 597 g/mol. The minimum atomic E-state index is -2.73. The zero-order valence-corrected chi connectivity index (χ0v) is 25.7. The number of hydrogen-bond acceptors (Lipinski definition) is 8. The molecular formula is C30H46F2N4O4S. The minimum Gasteiger partial charge on any atom is -0.477 e. The number of aromatic carboxylic acids is 1. The van der Waals surface area contributed by atoms with E-state index < -0.39 is 25.0 Å². The van der Waals surface area contributed by atoms with Crippen LogP contribution in [0.15, 0.2) is 23.7 Å². The highest BCUT2D eigenvalue weighted by molar-refractivity contribution is 7.09. The summed E-state index contributed by atoms with van der Waals surface area (Å²) in [5.74, 6) is -3.84. The maximum Gasteiger partial charge on any atom is 0.354 e. The number of rotatable bonds is 16. The Morgan fingerprint density at radius 2 is 1.80 bits per heavy atom. The van der Waals surface area contributed by atoms with E-state index in [4.69, 9.17) is 14.6 Å². The lowest BCUT2D eigenvalue weighted by atomic mass is 9.90. The number of alkyl halides is 2. The summed E-state index contributed by atoms with van der Waals surface area (Å²) in [7, 11) is 0. The van der Waals surface area contributed by atoms with Gasteiger partial charge in [0.05, 0.1) is 38.4 Å². The second-order valence-electron chi connectivity index (χ2n) is 12.0. The lowest BCUT2D eigenvalue weighted by Crippen LogP contribution is -2.56. The van der Waals surface area contributed by atoms with Gasteiger partial charge in [0.2, 0.25) is 5.88 Å². The van der Waals surface area contributed by atoms with Crippen molar-refractivity contribution in [2.75, 3.05) is 44.4 Å². The molecule has 41 heavy (non-hydrogen) atoms. The summed E-state index contributed by atoms with van der Waals surface area (Å²) in [6.45, 7) is 10.3. The van der Waals surface area contributed by atoms with E-state index in [1.54, 1.807) is 11.3 Å². The van der Waals surface area contributed by atoms with Crippen LogP contribution in [-0.2, 0) is 10.3 Å². The van der Waals surface area contributed by atoms with Crippen molar-refractivity contribution >= 4 is 23.0 Å². The van der Waals surface area contributed by atoms with Gasteiger partial charge in [-0.2, -0.15) is 0 Å². The molecule has 0 amide bonds. The van der Waals surface area contributed by atoms with E-state index in [1.165, 1.54) is 73.4 Å². The minimum absolute atomic E-state index is 0.0231. The molecule has 4 heterocycles. The van der Waals surface area contributed by atoms with E-state index in [-0.39, 0.29) is 22.5 Å². The molecule has 0 saturated carbocycles. The van der Waals surface area contributed by atoms with Crippen LogP contribution in [0, 0.1) is 5.41 Å². The molecule has 0 radical (unpaired) electrons. The summed E-state index contributed by atoms with van der Waals surface area (Å²) in [5, 5.41) is 15.9. The highest BCUT2D eigenvalue weighted by atomic mass is 32.1. The number of ether oxygens (including phenoxy) is 2. The molecule has 2 saturated heterocycles. The molecule has 2 aliphatic heterocycles. The number of halogens is 2. The van der Waals surface area contributed by atoms with Gasteiger partial charge in [-0.25, -0.2) is 23.5 Å². The number of aromatic nitrogens is 2. The highest BCUT2D eigenvalue weighted by Gasteiger charge is 2.45. The number of hydrogen-bond donors (Lipinski definition) is 2. The first-order chi connectivity index (χ1) is 19.4. The predicted octanol–water partition coefficient (Wildman–Crippen LogP) is 6.76. The van der Waals surface area contributed by atoms with Crippen LogP contribution in [0.4, 0.5) is 14.5 Å². The van der Waals surface area contributed by atoms with Gasteiger partial charge in [-0.3, -0.25) is 0 Å². The molecule has 230 valence electrons. The third-order valence-corrected chi connectivity index (χ3v) is 8.36. The summed E-state index contributed by atoms with van der Waals surface area (Å²) in [4.78, 5) is 20.8. The molecule has 0 unspecified atom stereocenters. The number of nitrogens with one attached hydrogen (secondary N) is 1. The number of carboxylic acids is 1. The first-order valence-electron chi connectivity index (χ1n) is 14.7. The van der Waals surface area contributed by atoms with Crippen molar-refractivity contribution in [2.45, 2.75) is 90.5 Å². The molecule has 0 bridgehead atoms. The van der Waals surface area contributed by atoms with Gasteiger partial charge in [-0.05, 0) is 38.9 Å². The lowest BCUT2D eigenvalue weighted by molar-refractivity contribution is -0.120. The number of unbranched alkanes of at least 4 members (excludes halogenated alkanes) is 7. The van der Waals surface area contributed by atoms with Crippen molar-refractivity contribution in [3.05, 3.63) is 34.4 Å². The average Bonchev–Trinajstić information content (AvgIpc) is 3.45. The number of carbonyl (C=O) groups is 1. The molecule has 8 nitrogen and oxygen atoms in total. The van der Waals surface area contributed by atoms with Gasteiger partial charge in [0.15, 0.2) is 5.69 Å². The third kappa shape index (κ3) is 10.4. The van der Waals surface area contributed by atoms with Gasteiger partial charge in [0.25, 0.3) is 5.92 Å². The normalized spacial score (nSPS) is 17.2. The van der Waals surface area contributed by atoms with E-state index >= 15 is 0 Å². The predicted molar refractivity (Wildman–Crippen MR) is 159 cm³/mol. The van der Waals surface area contributed by atoms with E-state index in [0.717, 1.165) is 6.54 Å². The molecule has 0 aliphatic carbocycles. The molecule has 0 spiro atoms. The molecule has 4 rings (SSSR count). The van der Waals surface area contributed by atoms with Crippen molar-refractivity contribution in [3.63, 3.8) is 0 Å². The van der Waals surface area contributed by atoms with Gasteiger partial charge in [0.1, 0.15) is 10.7 Å². The van der Waals surface area contributed by atoms with E-state index in [1.807, 2.05) is 13.1 Å². The Hall–Kier alpha value is -2.37. The second-order valence-corrected chi connectivity index (χ2v) is 12.9. The summed E-state index contributed by atoms with van der Waals surface area (Å²) < 4.78 is 36.8. The van der Waals surface area contributed by atoms with Gasteiger partial charge in [-0.1, -0.05) is 58.8 Å². The quantitative estimate of drug-likeness (QED) is 0.205. The first kappa shape index (κ1) is 33.1. The van der Waals surface area contributed by atoms with Crippen LogP contribution in [0.5, 0.6) is 5.88 Å². The molecule has 2 aromatic rings. The Morgan fingerprint density at radius 1 is 1.15 bits per heavy atom. The fourth-order valence-corrected chi connectivity index (χ4v) is 5.36. The van der Waals surface area contributed by atoms with Crippen LogP contribution < -0.4 is 15.0 Å². The van der Waals surface area contributed by atoms with Crippen LogP contribution in [0.1, 0.15) is 94.6 Å². The molecule has 2 aromatic heterocycles. The Kier molecular flexibility index (Phi) is 12.3. The maximum atomic E-state index is 13.0. The van der Waals surface area contributed by atoms with Crippen molar-refractivity contribution in [2.24, 2.45) is 5.41 Å². The molecule has 2 N–H and O–H groups in total. The number of nitrogens with zero attached hydrogens (tertiary/aromatic N) is 3. The van der Waals surface area contributed by atoms with Crippen LogP contribution in [-0.4, -0.2) is 66.4 Å². The van der Waals surface area contributed by atoms with Crippen molar-refractivity contribution in [3.8, 4) is 5.88 Å². The first-order valence-corrected chi connectivity index (χ1v) is 15.6. The van der Waals surface area contributed by atoms with E-state index in [9.17, 15) is 13.6 Å². The fraction of sp³-hybridized carbons (Fsp3) is 0.700. The van der Waals surface area contributed by atoms with E-state index in [2.05, 4.69) is 41.4 Å². The summed E-state index contributed by atoms with van der Waals surface area (Å²) in [5.41, 5.74) is 0.0765. The van der Waals surface area contributed by atoms with Gasteiger partial charge in [-0.15, -0.1) is 11.3 Å².